The van der Waals surface area contributed by atoms with E-state index in [1.165, 1.54) is 32.1 Å². The van der Waals surface area contributed by atoms with Gasteiger partial charge < -0.3 is 20.5 Å². The second-order valence-corrected chi connectivity index (χ2v) is 9.17. The van der Waals surface area contributed by atoms with Crippen LogP contribution in [0.15, 0.2) is 17.4 Å². The Morgan fingerprint density at radius 1 is 1.27 bits per heavy atom. The van der Waals surface area contributed by atoms with Crippen LogP contribution in [0.25, 0.3) is 0 Å². The van der Waals surface area contributed by atoms with Gasteiger partial charge in [-0.15, -0.1) is 0 Å². The zero-order valence-corrected chi connectivity index (χ0v) is 19.0. The number of aryl methyl sites for hydroxylation is 1. The molecule has 3 rings (SSSR count). The van der Waals surface area contributed by atoms with Gasteiger partial charge in [0.05, 0.1) is 26.0 Å². The lowest BCUT2D eigenvalue weighted by Gasteiger charge is -2.42. The summed E-state index contributed by atoms with van der Waals surface area (Å²) in [6, 6.07) is 0. The van der Waals surface area contributed by atoms with Gasteiger partial charge in [0, 0.05) is 56.9 Å². The summed E-state index contributed by atoms with van der Waals surface area (Å²) in [5.74, 6) is 0.772. The fourth-order valence-corrected chi connectivity index (χ4v) is 4.56. The molecule has 1 atom stereocenters. The Morgan fingerprint density at radius 3 is 2.63 bits per heavy atom. The van der Waals surface area contributed by atoms with E-state index in [1.807, 2.05) is 13.2 Å². The predicted octanol–water partition coefficient (Wildman–Crippen LogP) is 1.47. The second-order valence-electron chi connectivity index (χ2n) is 9.17. The zero-order valence-electron chi connectivity index (χ0n) is 19.0. The summed E-state index contributed by atoms with van der Waals surface area (Å²) in [6.07, 6.45) is 10.00. The van der Waals surface area contributed by atoms with Crippen molar-refractivity contribution in [3.63, 3.8) is 0 Å². The largest absolute Gasteiger partial charge is 0.383 e. The lowest BCUT2D eigenvalue weighted by atomic mass is 9.73. The highest BCUT2D eigenvalue weighted by Gasteiger charge is 2.34. The molecule has 0 amide bonds. The molecule has 2 heterocycles. The van der Waals surface area contributed by atoms with Gasteiger partial charge in [0.2, 0.25) is 0 Å². The first-order valence-corrected chi connectivity index (χ1v) is 11.5. The van der Waals surface area contributed by atoms with Gasteiger partial charge >= 0.3 is 0 Å². The van der Waals surface area contributed by atoms with Crippen LogP contribution in [0.2, 0.25) is 0 Å². The molecule has 1 aliphatic heterocycles. The maximum Gasteiger partial charge on any atom is 0.191 e. The molecule has 8 heteroatoms. The number of ether oxygens (including phenoxy) is 1. The van der Waals surface area contributed by atoms with Crippen LogP contribution in [0, 0.1) is 5.41 Å². The van der Waals surface area contributed by atoms with Gasteiger partial charge in [-0.05, 0) is 26.7 Å². The van der Waals surface area contributed by atoms with Gasteiger partial charge in [-0.25, -0.2) is 4.99 Å². The van der Waals surface area contributed by atoms with Gasteiger partial charge in [-0.3, -0.25) is 9.58 Å². The molecule has 1 saturated heterocycles. The fraction of sp³-hybridized carbons (Fsp3) is 0.818. The van der Waals surface area contributed by atoms with Gasteiger partial charge in [0.1, 0.15) is 5.60 Å². The Hall–Kier alpha value is -1.64. The highest BCUT2D eigenvalue weighted by Crippen LogP contribution is 2.36. The first-order valence-electron chi connectivity index (χ1n) is 11.5. The van der Waals surface area contributed by atoms with E-state index in [2.05, 4.69) is 27.6 Å². The summed E-state index contributed by atoms with van der Waals surface area (Å²) in [4.78, 5) is 7.27. The van der Waals surface area contributed by atoms with E-state index in [0.717, 1.165) is 57.5 Å². The summed E-state index contributed by atoms with van der Waals surface area (Å²) in [5.41, 5.74) is 0.00517. The Balaban J connectivity index is 1.63. The SMILES string of the molecule is CCNC(=NCC(C)(O)c1cnn(C)c1)NCC1(CN2CCOCC2)CCCCC1. The molecule has 1 aromatic rings. The number of aliphatic imine (C=N–C) groups is 1. The summed E-state index contributed by atoms with van der Waals surface area (Å²) in [7, 11) is 1.85. The molecule has 0 bridgehead atoms. The number of nitrogens with one attached hydrogen (secondary N) is 2. The third kappa shape index (κ3) is 6.43. The lowest BCUT2D eigenvalue weighted by Crippen LogP contribution is -2.51. The maximum atomic E-state index is 10.9. The average molecular weight is 421 g/mol. The molecule has 30 heavy (non-hydrogen) atoms. The first-order chi connectivity index (χ1) is 14.4. The number of aliphatic hydroxyl groups is 1. The van der Waals surface area contributed by atoms with Gasteiger partial charge in [0.25, 0.3) is 0 Å². The molecule has 2 fully saturated rings. The van der Waals surface area contributed by atoms with Crippen LogP contribution in [0.3, 0.4) is 0 Å². The van der Waals surface area contributed by atoms with Crippen molar-refractivity contribution in [2.75, 3.05) is 52.5 Å². The van der Waals surface area contributed by atoms with Crippen molar-refractivity contribution in [1.29, 1.82) is 0 Å². The minimum atomic E-state index is -1.05. The predicted molar refractivity (Wildman–Crippen MR) is 120 cm³/mol. The Bertz CT molecular complexity index is 675. The van der Waals surface area contributed by atoms with Crippen LogP contribution in [0.1, 0.15) is 51.5 Å². The minimum Gasteiger partial charge on any atom is -0.383 e. The van der Waals surface area contributed by atoms with Crippen molar-refractivity contribution < 1.29 is 9.84 Å². The molecule has 2 aliphatic rings. The van der Waals surface area contributed by atoms with E-state index in [0.29, 0.717) is 0 Å². The number of hydrogen-bond acceptors (Lipinski definition) is 5. The van der Waals surface area contributed by atoms with Crippen LogP contribution in [-0.4, -0.2) is 78.2 Å². The van der Waals surface area contributed by atoms with Crippen molar-refractivity contribution in [1.82, 2.24) is 25.3 Å². The Morgan fingerprint density at radius 2 is 2.00 bits per heavy atom. The summed E-state index contributed by atoms with van der Waals surface area (Å²) < 4.78 is 7.24. The molecule has 0 radical (unpaired) electrons. The third-order valence-electron chi connectivity index (χ3n) is 6.42. The normalized spacial score (nSPS) is 22.5. The Kier molecular flexibility index (Phi) is 8.13. The monoisotopic (exact) mass is 420 g/mol. The quantitative estimate of drug-likeness (QED) is 0.436. The van der Waals surface area contributed by atoms with Crippen molar-refractivity contribution in [2.45, 2.75) is 51.6 Å². The van der Waals surface area contributed by atoms with E-state index in [-0.39, 0.29) is 12.0 Å². The number of guanidine groups is 1. The zero-order chi connectivity index (χ0) is 21.5. The van der Waals surface area contributed by atoms with E-state index in [9.17, 15) is 5.11 Å². The van der Waals surface area contributed by atoms with E-state index in [1.54, 1.807) is 17.8 Å². The fourth-order valence-electron chi connectivity index (χ4n) is 4.56. The highest BCUT2D eigenvalue weighted by atomic mass is 16.5. The van der Waals surface area contributed by atoms with Crippen LogP contribution in [-0.2, 0) is 17.4 Å². The molecule has 1 aromatic heterocycles. The highest BCUT2D eigenvalue weighted by molar-refractivity contribution is 5.79. The molecule has 170 valence electrons. The maximum absolute atomic E-state index is 10.9. The molecule has 1 unspecified atom stereocenters. The van der Waals surface area contributed by atoms with Crippen molar-refractivity contribution in [2.24, 2.45) is 17.5 Å². The van der Waals surface area contributed by atoms with Crippen molar-refractivity contribution in [3.8, 4) is 0 Å². The molecule has 0 spiro atoms. The standard InChI is InChI=1S/C22H40N6O2/c1-4-23-20(24-16-21(2,29)19-14-26-27(3)15-19)25-17-22(8-6-5-7-9-22)18-28-10-12-30-13-11-28/h14-15,29H,4-13,16-18H2,1-3H3,(H2,23,24,25). The van der Waals surface area contributed by atoms with Crippen LogP contribution >= 0.6 is 0 Å². The van der Waals surface area contributed by atoms with Crippen LogP contribution in [0.5, 0.6) is 0 Å². The third-order valence-corrected chi connectivity index (χ3v) is 6.42. The van der Waals surface area contributed by atoms with E-state index in [4.69, 9.17) is 9.73 Å². The molecule has 1 saturated carbocycles. The summed E-state index contributed by atoms with van der Waals surface area (Å²) in [6.45, 7) is 10.7. The van der Waals surface area contributed by atoms with Crippen molar-refractivity contribution in [3.05, 3.63) is 18.0 Å². The molecule has 3 N–H and O–H groups in total. The van der Waals surface area contributed by atoms with Crippen molar-refractivity contribution >= 4 is 5.96 Å². The van der Waals surface area contributed by atoms with E-state index >= 15 is 0 Å². The molecular weight excluding hydrogens is 380 g/mol. The van der Waals surface area contributed by atoms with Gasteiger partial charge in [0.15, 0.2) is 5.96 Å². The number of morpholine rings is 1. The van der Waals surface area contributed by atoms with Gasteiger partial charge in [-0.1, -0.05) is 19.3 Å². The lowest BCUT2D eigenvalue weighted by molar-refractivity contribution is 0.00819. The second kappa shape index (κ2) is 10.6. The topological polar surface area (TPSA) is 86.9 Å². The summed E-state index contributed by atoms with van der Waals surface area (Å²) >= 11 is 0. The van der Waals surface area contributed by atoms with Crippen LogP contribution < -0.4 is 10.6 Å². The Labute approximate surface area is 181 Å². The smallest absolute Gasteiger partial charge is 0.191 e. The molecule has 1 aliphatic carbocycles. The molecular formula is C22H40N6O2. The van der Waals surface area contributed by atoms with E-state index < -0.39 is 5.60 Å². The number of nitrogens with zero attached hydrogens (tertiary/aromatic N) is 4. The number of rotatable bonds is 8. The number of aromatic nitrogens is 2. The molecule has 8 nitrogen and oxygen atoms in total. The minimum absolute atomic E-state index is 0.275. The van der Waals surface area contributed by atoms with Crippen LogP contribution in [0.4, 0.5) is 0 Å². The first kappa shape index (κ1) is 23.0. The number of hydrogen-bond donors (Lipinski definition) is 3. The average Bonchev–Trinajstić information content (AvgIpc) is 3.19. The summed E-state index contributed by atoms with van der Waals surface area (Å²) in [5, 5.41) is 22.0. The van der Waals surface area contributed by atoms with Gasteiger partial charge in [-0.2, -0.15) is 5.10 Å². The molecule has 0 aromatic carbocycles.